The molecule has 88 valence electrons. The average molecular weight is 268 g/mol. The van der Waals surface area contributed by atoms with Crippen LogP contribution in [0.15, 0.2) is 28.9 Å². The van der Waals surface area contributed by atoms with E-state index in [2.05, 4.69) is 9.36 Å². The van der Waals surface area contributed by atoms with Crippen LogP contribution < -0.4 is 0 Å². The van der Waals surface area contributed by atoms with E-state index in [1.165, 1.54) is 41.8 Å². The number of carbonyl (C=O) groups is 1. The van der Waals surface area contributed by atoms with Crippen molar-refractivity contribution in [3.8, 4) is 11.5 Å². The minimum absolute atomic E-state index is 0.0733. The Balaban J connectivity index is 2.04. The SMILES string of the molecule is O=C(CSc1ncns1)c1ccc(O)cc1O. The van der Waals surface area contributed by atoms with Gasteiger partial charge in [0.05, 0.1) is 11.3 Å². The Hall–Kier alpha value is -1.60. The summed E-state index contributed by atoms with van der Waals surface area (Å²) in [5, 5.41) is 18.6. The highest BCUT2D eigenvalue weighted by molar-refractivity contribution is 8.01. The van der Waals surface area contributed by atoms with Crippen molar-refractivity contribution >= 4 is 29.1 Å². The normalized spacial score (nSPS) is 10.4. The van der Waals surface area contributed by atoms with Gasteiger partial charge < -0.3 is 10.2 Å². The maximum Gasteiger partial charge on any atom is 0.176 e. The fourth-order valence-electron chi connectivity index (χ4n) is 1.19. The van der Waals surface area contributed by atoms with Crippen molar-refractivity contribution in [2.75, 3.05) is 5.75 Å². The predicted molar refractivity (Wildman–Crippen MR) is 64.7 cm³/mol. The van der Waals surface area contributed by atoms with E-state index in [1.54, 1.807) is 0 Å². The quantitative estimate of drug-likeness (QED) is 0.651. The van der Waals surface area contributed by atoms with E-state index in [1.807, 2.05) is 0 Å². The van der Waals surface area contributed by atoms with E-state index in [9.17, 15) is 9.90 Å². The van der Waals surface area contributed by atoms with Crippen LogP contribution >= 0.6 is 23.3 Å². The summed E-state index contributed by atoms with van der Waals surface area (Å²) in [6, 6.07) is 3.90. The Morgan fingerprint density at radius 1 is 1.41 bits per heavy atom. The number of aromatic hydroxyl groups is 2. The largest absolute Gasteiger partial charge is 0.508 e. The Labute approximate surface area is 105 Å². The van der Waals surface area contributed by atoms with Crippen molar-refractivity contribution in [1.82, 2.24) is 9.36 Å². The fourth-order valence-corrected chi connectivity index (χ4v) is 2.51. The molecule has 7 heteroatoms. The molecule has 0 atom stereocenters. The van der Waals surface area contributed by atoms with Crippen LogP contribution in [0.25, 0.3) is 0 Å². The second-order valence-corrected chi connectivity index (χ2v) is 5.12. The third-order valence-electron chi connectivity index (χ3n) is 1.95. The third-order valence-corrected chi connectivity index (χ3v) is 3.75. The first kappa shape index (κ1) is 11.9. The summed E-state index contributed by atoms with van der Waals surface area (Å²) in [5.41, 5.74) is 0.194. The number of ketones is 1. The van der Waals surface area contributed by atoms with Crippen molar-refractivity contribution in [3.63, 3.8) is 0 Å². The van der Waals surface area contributed by atoms with E-state index >= 15 is 0 Å². The number of phenolic OH excluding ortho intramolecular Hbond substituents is 2. The van der Waals surface area contributed by atoms with Gasteiger partial charge in [-0.1, -0.05) is 11.8 Å². The van der Waals surface area contributed by atoms with Crippen molar-refractivity contribution < 1.29 is 15.0 Å². The van der Waals surface area contributed by atoms with Crippen LogP contribution in [0.2, 0.25) is 0 Å². The first-order valence-corrected chi connectivity index (χ1v) is 6.37. The van der Waals surface area contributed by atoms with Gasteiger partial charge in [-0.3, -0.25) is 4.79 Å². The third kappa shape index (κ3) is 2.95. The van der Waals surface area contributed by atoms with Crippen LogP contribution in [0.5, 0.6) is 11.5 Å². The molecule has 0 unspecified atom stereocenters. The molecular formula is C10H8N2O3S2. The molecule has 0 radical (unpaired) electrons. The van der Waals surface area contributed by atoms with Gasteiger partial charge in [0, 0.05) is 6.07 Å². The average Bonchev–Trinajstić information content (AvgIpc) is 2.78. The van der Waals surface area contributed by atoms with Crippen LogP contribution in [-0.4, -0.2) is 31.1 Å². The molecule has 0 amide bonds. The molecule has 0 aliphatic carbocycles. The van der Waals surface area contributed by atoms with Gasteiger partial charge in [0.15, 0.2) is 10.1 Å². The van der Waals surface area contributed by atoms with Crippen molar-refractivity contribution in [2.45, 2.75) is 4.34 Å². The lowest BCUT2D eigenvalue weighted by Gasteiger charge is -2.02. The number of carbonyl (C=O) groups excluding carboxylic acids is 1. The number of hydrogen-bond acceptors (Lipinski definition) is 7. The number of thioether (sulfide) groups is 1. The van der Waals surface area contributed by atoms with Gasteiger partial charge in [-0.15, -0.1) is 0 Å². The molecule has 1 heterocycles. The summed E-state index contributed by atoms with van der Waals surface area (Å²) in [6.07, 6.45) is 1.43. The molecule has 0 bridgehead atoms. The fraction of sp³-hybridized carbons (Fsp3) is 0.100. The molecule has 2 rings (SSSR count). The Morgan fingerprint density at radius 3 is 2.88 bits per heavy atom. The zero-order valence-electron chi connectivity index (χ0n) is 8.53. The van der Waals surface area contributed by atoms with Crippen LogP contribution in [0.4, 0.5) is 0 Å². The van der Waals surface area contributed by atoms with E-state index in [0.717, 1.165) is 6.07 Å². The minimum atomic E-state index is -0.220. The van der Waals surface area contributed by atoms with E-state index in [-0.39, 0.29) is 28.6 Å². The lowest BCUT2D eigenvalue weighted by Crippen LogP contribution is -2.02. The Bertz CT molecular complexity index is 528. The highest BCUT2D eigenvalue weighted by atomic mass is 32.2. The monoisotopic (exact) mass is 268 g/mol. The summed E-state index contributed by atoms with van der Waals surface area (Å²) in [6.45, 7) is 0. The molecule has 2 aromatic rings. The lowest BCUT2D eigenvalue weighted by molar-refractivity contribution is 0.102. The molecule has 0 spiro atoms. The first-order valence-electron chi connectivity index (χ1n) is 4.61. The molecule has 0 aliphatic heterocycles. The number of hydrogen-bond donors (Lipinski definition) is 2. The topological polar surface area (TPSA) is 83.3 Å². The lowest BCUT2D eigenvalue weighted by atomic mass is 10.1. The van der Waals surface area contributed by atoms with E-state index in [0.29, 0.717) is 4.34 Å². The number of rotatable bonds is 4. The highest BCUT2D eigenvalue weighted by Gasteiger charge is 2.12. The van der Waals surface area contributed by atoms with E-state index in [4.69, 9.17) is 5.11 Å². The number of nitrogens with zero attached hydrogens (tertiary/aromatic N) is 2. The maximum absolute atomic E-state index is 11.8. The highest BCUT2D eigenvalue weighted by Crippen LogP contribution is 2.25. The number of benzene rings is 1. The second kappa shape index (κ2) is 5.15. The predicted octanol–water partition coefficient (Wildman–Crippen LogP) is 1.92. The van der Waals surface area contributed by atoms with Crippen LogP contribution in [0.3, 0.4) is 0 Å². The summed E-state index contributed by atoms with van der Waals surface area (Å²) < 4.78 is 4.52. The van der Waals surface area contributed by atoms with Crippen molar-refractivity contribution in [3.05, 3.63) is 30.1 Å². The zero-order chi connectivity index (χ0) is 12.3. The molecular weight excluding hydrogens is 260 g/mol. The van der Waals surface area contributed by atoms with Crippen molar-refractivity contribution in [2.24, 2.45) is 0 Å². The smallest absolute Gasteiger partial charge is 0.176 e. The number of Topliss-reactive ketones (excluding diaryl/α,β-unsaturated/α-hetero) is 1. The van der Waals surface area contributed by atoms with Crippen LogP contribution in [0, 0.1) is 0 Å². The zero-order valence-corrected chi connectivity index (χ0v) is 10.2. The van der Waals surface area contributed by atoms with Crippen LogP contribution in [0.1, 0.15) is 10.4 Å². The van der Waals surface area contributed by atoms with Gasteiger partial charge in [0.25, 0.3) is 0 Å². The van der Waals surface area contributed by atoms with E-state index < -0.39 is 0 Å². The number of aromatic nitrogens is 2. The molecule has 0 saturated carbocycles. The molecule has 17 heavy (non-hydrogen) atoms. The summed E-state index contributed by atoms with van der Waals surface area (Å²) in [4.78, 5) is 15.7. The Kier molecular flexibility index (Phi) is 3.60. The van der Waals surface area contributed by atoms with Crippen LogP contribution in [-0.2, 0) is 0 Å². The van der Waals surface area contributed by atoms with Gasteiger partial charge in [0.1, 0.15) is 17.8 Å². The molecule has 0 fully saturated rings. The summed E-state index contributed by atoms with van der Waals surface area (Å²) in [7, 11) is 0. The maximum atomic E-state index is 11.8. The standard InChI is InChI=1S/C10H8N2O3S2/c13-6-1-2-7(8(14)3-6)9(15)4-16-10-11-5-12-17-10/h1-3,5,13-14H,4H2. The molecule has 1 aromatic heterocycles. The minimum Gasteiger partial charge on any atom is -0.508 e. The van der Waals surface area contributed by atoms with Gasteiger partial charge >= 0.3 is 0 Å². The van der Waals surface area contributed by atoms with Gasteiger partial charge in [0.2, 0.25) is 0 Å². The van der Waals surface area contributed by atoms with Gasteiger partial charge in [-0.25, -0.2) is 4.98 Å². The summed E-state index contributed by atoms with van der Waals surface area (Å²) in [5.74, 6) is -0.334. The first-order chi connectivity index (χ1) is 8.16. The van der Waals surface area contributed by atoms with Gasteiger partial charge in [-0.05, 0) is 23.7 Å². The molecule has 5 nitrogen and oxygen atoms in total. The van der Waals surface area contributed by atoms with Crippen molar-refractivity contribution in [1.29, 1.82) is 0 Å². The summed E-state index contributed by atoms with van der Waals surface area (Å²) >= 11 is 2.48. The second-order valence-electron chi connectivity index (χ2n) is 3.12. The molecule has 1 aromatic carbocycles. The molecule has 0 aliphatic rings. The number of phenols is 2. The Morgan fingerprint density at radius 2 is 2.24 bits per heavy atom. The molecule has 0 saturated heterocycles. The van der Waals surface area contributed by atoms with Gasteiger partial charge in [-0.2, -0.15) is 4.37 Å². The molecule has 2 N–H and O–H groups in total.